The Labute approximate surface area is 110 Å². The summed E-state index contributed by atoms with van der Waals surface area (Å²) in [4.78, 5) is 23.1. The molecule has 5 heteroatoms. The molecule has 1 amide bonds. The van der Waals surface area contributed by atoms with Crippen LogP contribution in [0.15, 0.2) is 36.9 Å². The number of nitrogens with one attached hydrogen (secondary N) is 1. The number of aliphatic carboxylic acids is 1. The van der Waals surface area contributed by atoms with Crippen molar-refractivity contribution in [3.05, 3.63) is 48.3 Å². The van der Waals surface area contributed by atoms with E-state index in [2.05, 4.69) is 11.9 Å². The summed E-state index contributed by atoms with van der Waals surface area (Å²) < 4.78 is 12.9. The molecule has 0 aliphatic rings. The molecule has 0 aliphatic carbocycles. The van der Waals surface area contributed by atoms with Gasteiger partial charge < -0.3 is 10.4 Å². The van der Waals surface area contributed by atoms with E-state index >= 15 is 0 Å². The SMILES string of the molecule is C=CCCC(=O)NC(C)(C(=O)O)c1ccc(F)cc1. The Morgan fingerprint density at radius 3 is 2.47 bits per heavy atom. The zero-order valence-electron chi connectivity index (χ0n) is 10.6. The van der Waals surface area contributed by atoms with E-state index in [1.807, 2.05) is 0 Å². The molecule has 1 aromatic carbocycles. The van der Waals surface area contributed by atoms with Crippen LogP contribution < -0.4 is 5.32 Å². The Morgan fingerprint density at radius 1 is 1.42 bits per heavy atom. The minimum absolute atomic E-state index is 0.160. The number of carboxylic acids is 1. The highest BCUT2D eigenvalue weighted by Crippen LogP contribution is 2.21. The van der Waals surface area contributed by atoms with Gasteiger partial charge in [0, 0.05) is 6.42 Å². The Hall–Kier alpha value is -2.17. The summed E-state index contributed by atoms with van der Waals surface area (Å²) in [5.74, 6) is -2.06. The van der Waals surface area contributed by atoms with E-state index in [0.29, 0.717) is 12.0 Å². The van der Waals surface area contributed by atoms with Crippen LogP contribution in [0.5, 0.6) is 0 Å². The third-order valence-corrected chi connectivity index (χ3v) is 2.81. The van der Waals surface area contributed by atoms with Crippen LogP contribution >= 0.6 is 0 Å². The van der Waals surface area contributed by atoms with Crippen LogP contribution in [-0.4, -0.2) is 17.0 Å². The molecule has 1 unspecified atom stereocenters. The third-order valence-electron chi connectivity index (χ3n) is 2.81. The zero-order chi connectivity index (χ0) is 14.5. The molecule has 1 atom stereocenters. The second-order valence-corrected chi connectivity index (χ2v) is 4.31. The van der Waals surface area contributed by atoms with Gasteiger partial charge in [0.15, 0.2) is 5.54 Å². The Balaban J connectivity index is 2.97. The van der Waals surface area contributed by atoms with Gasteiger partial charge in [-0.25, -0.2) is 9.18 Å². The molecule has 0 saturated heterocycles. The van der Waals surface area contributed by atoms with Gasteiger partial charge in [-0.2, -0.15) is 0 Å². The standard InChI is InChI=1S/C14H16FNO3/c1-3-4-5-12(17)16-14(2,13(18)19)10-6-8-11(15)9-7-10/h3,6-9H,1,4-5H2,2H3,(H,16,17)(H,18,19). The minimum Gasteiger partial charge on any atom is -0.479 e. The fourth-order valence-electron chi connectivity index (χ4n) is 1.61. The van der Waals surface area contributed by atoms with Crippen molar-refractivity contribution in [3.8, 4) is 0 Å². The van der Waals surface area contributed by atoms with E-state index in [-0.39, 0.29) is 6.42 Å². The van der Waals surface area contributed by atoms with E-state index < -0.39 is 23.2 Å². The summed E-state index contributed by atoms with van der Waals surface area (Å²) in [6.45, 7) is 4.86. The van der Waals surface area contributed by atoms with Crippen molar-refractivity contribution in [1.82, 2.24) is 5.32 Å². The first-order valence-corrected chi connectivity index (χ1v) is 5.81. The average molecular weight is 265 g/mol. The third kappa shape index (κ3) is 3.64. The topological polar surface area (TPSA) is 66.4 Å². The first kappa shape index (κ1) is 14.9. The van der Waals surface area contributed by atoms with Crippen molar-refractivity contribution in [2.75, 3.05) is 0 Å². The number of hydrogen-bond acceptors (Lipinski definition) is 2. The van der Waals surface area contributed by atoms with E-state index in [1.54, 1.807) is 6.08 Å². The molecule has 1 rings (SSSR count). The summed E-state index contributed by atoms with van der Waals surface area (Å²) in [6, 6.07) is 5.01. The molecule has 0 heterocycles. The van der Waals surface area contributed by atoms with Crippen LogP contribution in [0, 0.1) is 5.82 Å². The number of carbonyl (C=O) groups excluding carboxylic acids is 1. The van der Waals surface area contributed by atoms with Crippen molar-refractivity contribution in [2.45, 2.75) is 25.3 Å². The fraction of sp³-hybridized carbons (Fsp3) is 0.286. The second kappa shape index (κ2) is 6.13. The summed E-state index contributed by atoms with van der Waals surface area (Å²) in [5, 5.41) is 11.8. The van der Waals surface area contributed by atoms with Crippen LogP contribution in [-0.2, 0) is 15.1 Å². The van der Waals surface area contributed by atoms with Gasteiger partial charge in [0.1, 0.15) is 5.82 Å². The lowest BCUT2D eigenvalue weighted by Gasteiger charge is -2.26. The van der Waals surface area contributed by atoms with E-state index in [4.69, 9.17) is 0 Å². The van der Waals surface area contributed by atoms with Crippen molar-refractivity contribution in [2.24, 2.45) is 0 Å². The summed E-state index contributed by atoms with van der Waals surface area (Å²) >= 11 is 0. The van der Waals surface area contributed by atoms with E-state index in [1.165, 1.54) is 19.1 Å². The maximum atomic E-state index is 12.9. The molecule has 19 heavy (non-hydrogen) atoms. The van der Waals surface area contributed by atoms with Crippen LogP contribution in [0.2, 0.25) is 0 Å². The van der Waals surface area contributed by atoms with Crippen molar-refractivity contribution in [3.63, 3.8) is 0 Å². The highest BCUT2D eigenvalue weighted by Gasteiger charge is 2.36. The van der Waals surface area contributed by atoms with Gasteiger partial charge in [-0.05, 0) is 31.0 Å². The number of halogens is 1. The van der Waals surface area contributed by atoms with Crippen LogP contribution in [0.25, 0.3) is 0 Å². The number of carbonyl (C=O) groups is 2. The highest BCUT2D eigenvalue weighted by molar-refractivity contribution is 5.87. The summed E-state index contributed by atoms with van der Waals surface area (Å²) in [7, 11) is 0. The number of hydrogen-bond donors (Lipinski definition) is 2. The average Bonchev–Trinajstić information content (AvgIpc) is 2.36. The first-order chi connectivity index (χ1) is 8.90. The van der Waals surface area contributed by atoms with Crippen LogP contribution in [0.4, 0.5) is 4.39 Å². The lowest BCUT2D eigenvalue weighted by atomic mass is 9.91. The summed E-state index contributed by atoms with van der Waals surface area (Å²) in [5.41, 5.74) is -1.26. The van der Waals surface area contributed by atoms with Crippen molar-refractivity contribution < 1.29 is 19.1 Å². The van der Waals surface area contributed by atoms with Crippen LogP contribution in [0.3, 0.4) is 0 Å². The first-order valence-electron chi connectivity index (χ1n) is 5.81. The van der Waals surface area contributed by atoms with Gasteiger partial charge >= 0.3 is 5.97 Å². The molecule has 0 fully saturated rings. The molecule has 0 radical (unpaired) electrons. The quantitative estimate of drug-likeness (QED) is 0.775. The van der Waals surface area contributed by atoms with Crippen molar-refractivity contribution in [1.29, 1.82) is 0 Å². The Bertz CT molecular complexity index is 484. The molecule has 0 aliphatic heterocycles. The molecule has 0 aromatic heterocycles. The van der Waals surface area contributed by atoms with Crippen LogP contribution in [0.1, 0.15) is 25.3 Å². The number of amides is 1. The van der Waals surface area contributed by atoms with Gasteiger partial charge in [-0.3, -0.25) is 4.79 Å². The highest BCUT2D eigenvalue weighted by atomic mass is 19.1. The zero-order valence-corrected chi connectivity index (χ0v) is 10.6. The molecule has 0 bridgehead atoms. The molecule has 102 valence electrons. The maximum Gasteiger partial charge on any atom is 0.333 e. The molecular weight excluding hydrogens is 249 g/mol. The van der Waals surface area contributed by atoms with Gasteiger partial charge in [0.2, 0.25) is 5.91 Å². The lowest BCUT2D eigenvalue weighted by molar-refractivity contribution is -0.147. The normalized spacial score (nSPS) is 13.4. The smallest absolute Gasteiger partial charge is 0.333 e. The molecular formula is C14H16FNO3. The Kier molecular flexibility index (Phi) is 4.80. The molecule has 0 saturated carbocycles. The number of rotatable bonds is 6. The second-order valence-electron chi connectivity index (χ2n) is 4.31. The molecule has 2 N–H and O–H groups in total. The van der Waals surface area contributed by atoms with Gasteiger partial charge in [-0.15, -0.1) is 6.58 Å². The van der Waals surface area contributed by atoms with Crippen molar-refractivity contribution >= 4 is 11.9 Å². The lowest BCUT2D eigenvalue weighted by Crippen LogP contribution is -2.49. The van der Waals surface area contributed by atoms with Gasteiger partial charge in [-0.1, -0.05) is 18.2 Å². The largest absolute Gasteiger partial charge is 0.479 e. The fourth-order valence-corrected chi connectivity index (χ4v) is 1.61. The van der Waals surface area contributed by atoms with Gasteiger partial charge in [0.05, 0.1) is 0 Å². The summed E-state index contributed by atoms with van der Waals surface area (Å²) in [6.07, 6.45) is 2.20. The molecule has 1 aromatic rings. The van der Waals surface area contributed by atoms with E-state index in [9.17, 15) is 19.1 Å². The monoisotopic (exact) mass is 265 g/mol. The number of allylic oxidation sites excluding steroid dienone is 1. The number of benzene rings is 1. The van der Waals surface area contributed by atoms with E-state index in [0.717, 1.165) is 12.1 Å². The Morgan fingerprint density at radius 2 is 2.00 bits per heavy atom. The molecule has 0 spiro atoms. The minimum atomic E-state index is -1.58. The molecule has 4 nitrogen and oxygen atoms in total. The van der Waals surface area contributed by atoms with Gasteiger partial charge in [0.25, 0.3) is 0 Å². The predicted octanol–water partition coefficient (Wildman–Crippen LogP) is 2.21. The predicted molar refractivity (Wildman–Crippen MR) is 69.0 cm³/mol. The number of carboxylic acid groups (broad SMARTS) is 1. The maximum absolute atomic E-state index is 12.9.